The third-order valence-electron chi connectivity index (χ3n) is 3.04. The summed E-state index contributed by atoms with van der Waals surface area (Å²) in [6.07, 6.45) is -1.46. The summed E-state index contributed by atoms with van der Waals surface area (Å²) in [7, 11) is 0. The minimum atomic E-state index is -0.876. The Morgan fingerprint density at radius 1 is 1.38 bits per heavy atom. The molecule has 1 aromatic rings. The first-order valence-electron chi connectivity index (χ1n) is 5.15. The highest BCUT2D eigenvalue weighted by molar-refractivity contribution is 5.95. The zero-order valence-electron chi connectivity index (χ0n) is 9.44. The van der Waals surface area contributed by atoms with Gasteiger partial charge in [0.2, 0.25) is 0 Å². The molecule has 0 radical (unpaired) electrons. The van der Waals surface area contributed by atoms with E-state index in [-0.39, 0.29) is 5.75 Å². The van der Waals surface area contributed by atoms with Crippen LogP contribution in [-0.2, 0) is 4.74 Å². The molecule has 0 saturated carbocycles. The fourth-order valence-electron chi connectivity index (χ4n) is 2.09. The van der Waals surface area contributed by atoms with Crippen molar-refractivity contribution in [3.63, 3.8) is 0 Å². The molecule has 4 heteroatoms. The van der Waals surface area contributed by atoms with Gasteiger partial charge in [-0.15, -0.1) is 0 Å². The lowest BCUT2D eigenvalue weighted by Crippen LogP contribution is -2.31. The van der Waals surface area contributed by atoms with Gasteiger partial charge in [-0.25, -0.2) is 4.79 Å². The van der Waals surface area contributed by atoms with Gasteiger partial charge in [0, 0.05) is 5.56 Å². The van der Waals surface area contributed by atoms with E-state index in [1.54, 1.807) is 20.8 Å². The van der Waals surface area contributed by atoms with E-state index in [9.17, 15) is 15.0 Å². The molecule has 2 rings (SSSR count). The number of esters is 1. The molecule has 86 valence electrons. The van der Waals surface area contributed by atoms with Crippen LogP contribution < -0.4 is 0 Å². The molecule has 0 spiro atoms. The number of rotatable bonds is 0. The molecule has 0 aliphatic carbocycles. The average molecular weight is 222 g/mol. The second kappa shape index (κ2) is 3.49. The number of fused-ring (bicyclic) bond motifs is 1. The standard InChI is InChI=1S/C12H14O4/c1-5-4-8(13)6(2)10-9(5)12(15)16-7(3)11(10)14/h4,7,11,13-14H,1-3H3/t7-,11+/m1/s1. The highest BCUT2D eigenvalue weighted by Crippen LogP contribution is 2.37. The maximum Gasteiger partial charge on any atom is 0.339 e. The van der Waals surface area contributed by atoms with Crippen LogP contribution in [-0.4, -0.2) is 22.3 Å². The van der Waals surface area contributed by atoms with E-state index in [4.69, 9.17) is 4.74 Å². The van der Waals surface area contributed by atoms with Crippen LogP contribution in [0.25, 0.3) is 0 Å². The van der Waals surface area contributed by atoms with Crippen LogP contribution in [0.1, 0.15) is 40.1 Å². The normalized spacial score (nSPS) is 23.9. The van der Waals surface area contributed by atoms with Crippen molar-refractivity contribution in [2.24, 2.45) is 0 Å². The first-order chi connectivity index (χ1) is 7.43. The molecular weight excluding hydrogens is 208 g/mol. The number of benzene rings is 1. The molecule has 1 aliphatic heterocycles. The minimum Gasteiger partial charge on any atom is -0.508 e. The summed E-state index contributed by atoms with van der Waals surface area (Å²) in [5.41, 5.74) is 2.02. The summed E-state index contributed by atoms with van der Waals surface area (Å²) in [6, 6.07) is 1.51. The third-order valence-corrected chi connectivity index (χ3v) is 3.04. The highest BCUT2D eigenvalue weighted by atomic mass is 16.6. The monoisotopic (exact) mass is 222 g/mol. The first-order valence-corrected chi connectivity index (χ1v) is 5.15. The number of hydrogen-bond donors (Lipinski definition) is 2. The number of cyclic esters (lactones) is 1. The van der Waals surface area contributed by atoms with Crippen LogP contribution in [0.2, 0.25) is 0 Å². The largest absolute Gasteiger partial charge is 0.508 e. The Hall–Kier alpha value is -1.55. The van der Waals surface area contributed by atoms with Gasteiger partial charge >= 0.3 is 5.97 Å². The van der Waals surface area contributed by atoms with Gasteiger partial charge in [-0.3, -0.25) is 0 Å². The van der Waals surface area contributed by atoms with Crippen molar-refractivity contribution in [3.05, 3.63) is 28.3 Å². The van der Waals surface area contributed by atoms with Gasteiger partial charge in [0.25, 0.3) is 0 Å². The predicted octanol–water partition coefficient (Wildman–Crippen LogP) is 1.60. The van der Waals surface area contributed by atoms with Crippen LogP contribution in [0.15, 0.2) is 6.07 Å². The molecular formula is C12H14O4. The number of aromatic hydroxyl groups is 1. The fraction of sp³-hybridized carbons (Fsp3) is 0.417. The van der Waals surface area contributed by atoms with E-state index in [1.165, 1.54) is 6.07 Å². The Morgan fingerprint density at radius 2 is 2.00 bits per heavy atom. The Bertz CT molecular complexity index is 465. The van der Waals surface area contributed by atoms with E-state index in [1.807, 2.05) is 0 Å². The second-order valence-electron chi connectivity index (χ2n) is 4.18. The molecule has 16 heavy (non-hydrogen) atoms. The van der Waals surface area contributed by atoms with Crippen molar-refractivity contribution >= 4 is 5.97 Å². The van der Waals surface area contributed by atoms with E-state index >= 15 is 0 Å². The van der Waals surface area contributed by atoms with Crippen molar-refractivity contribution in [3.8, 4) is 5.75 Å². The van der Waals surface area contributed by atoms with Crippen molar-refractivity contribution in [1.29, 1.82) is 0 Å². The molecule has 0 bridgehead atoms. The smallest absolute Gasteiger partial charge is 0.339 e. The van der Waals surface area contributed by atoms with Crippen molar-refractivity contribution in [2.45, 2.75) is 33.0 Å². The quantitative estimate of drug-likeness (QED) is 0.654. The third kappa shape index (κ3) is 1.38. The molecule has 0 saturated heterocycles. The van der Waals surface area contributed by atoms with Crippen molar-refractivity contribution in [2.75, 3.05) is 0 Å². The number of carbonyl (C=O) groups excluding carboxylic acids is 1. The zero-order chi connectivity index (χ0) is 12.0. The number of aryl methyl sites for hydroxylation is 1. The first kappa shape index (κ1) is 11.0. The summed E-state index contributed by atoms with van der Waals surface area (Å²) in [4.78, 5) is 11.7. The lowest BCUT2D eigenvalue weighted by atomic mass is 9.89. The molecule has 0 aromatic heterocycles. The Labute approximate surface area is 93.5 Å². The molecule has 1 heterocycles. The number of carbonyl (C=O) groups is 1. The maximum absolute atomic E-state index is 11.7. The molecule has 0 amide bonds. The molecule has 1 aliphatic rings. The molecule has 0 unspecified atom stereocenters. The minimum absolute atomic E-state index is 0.0946. The Balaban J connectivity index is 2.76. The summed E-state index contributed by atoms with van der Waals surface area (Å²) in [6.45, 7) is 5.02. The topological polar surface area (TPSA) is 66.8 Å². The van der Waals surface area contributed by atoms with Gasteiger partial charge < -0.3 is 14.9 Å². The maximum atomic E-state index is 11.7. The summed E-state index contributed by atoms with van der Waals surface area (Å²) >= 11 is 0. The zero-order valence-corrected chi connectivity index (χ0v) is 9.44. The van der Waals surface area contributed by atoms with Gasteiger partial charge in [-0.2, -0.15) is 0 Å². The average Bonchev–Trinajstić information content (AvgIpc) is 2.20. The van der Waals surface area contributed by atoms with Gasteiger partial charge in [0.05, 0.1) is 5.56 Å². The Morgan fingerprint density at radius 3 is 2.62 bits per heavy atom. The van der Waals surface area contributed by atoms with Gasteiger partial charge in [-0.1, -0.05) is 0 Å². The molecule has 4 nitrogen and oxygen atoms in total. The number of ether oxygens (including phenoxy) is 1. The summed E-state index contributed by atoms with van der Waals surface area (Å²) in [5, 5.41) is 19.7. The van der Waals surface area contributed by atoms with Crippen LogP contribution in [0.4, 0.5) is 0 Å². The summed E-state index contributed by atoms with van der Waals surface area (Å²) in [5.74, 6) is -0.342. The lowest BCUT2D eigenvalue weighted by Gasteiger charge is -2.29. The Kier molecular flexibility index (Phi) is 2.39. The number of hydrogen-bond acceptors (Lipinski definition) is 4. The fourth-order valence-corrected chi connectivity index (χ4v) is 2.09. The van der Waals surface area contributed by atoms with Crippen LogP contribution in [0.3, 0.4) is 0 Å². The predicted molar refractivity (Wildman–Crippen MR) is 57.4 cm³/mol. The van der Waals surface area contributed by atoms with E-state index in [2.05, 4.69) is 0 Å². The van der Waals surface area contributed by atoms with Crippen molar-refractivity contribution in [1.82, 2.24) is 0 Å². The van der Waals surface area contributed by atoms with Gasteiger partial charge in [0.1, 0.15) is 18.0 Å². The SMILES string of the molecule is Cc1cc(O)c(C)c2c1C(=O)O[C@H](C)[C@@H]2O. The second-order valence-corrected chi connectivity index (χ2v) is 4.18. The lowest BCUT2D eigenvalue weighted by molar-refractivity contribution is -0.0217. The molecule has 1 aromatic carbocycles. The summed E-state index contributed by atoms with van der Waals surface area (Å²) < 4.78 is 5.03. The van der Waals surface area contributed by atoms with Crippen LogP contribution >= 0.6 is 0 Å². The molecule has 2 N–H and O–H groups in total. The van der Waals surface area contributed by atoms with Gasteiger partial charge in [-0.05, 0) is 38.0 Å². The van der Waals surface area contributed by atoms with Crippen molar-refractivity contribution < 1.29 is 19.7 Å². The highest BCUT2D eigenvalue weighted by Gasteiger charge is 2.34. The van der Waals surface area contributed by atoms with Gasteiger partial charge in [0.15, 0.2) is 0 Å². The van der Waals surface area contributed by atoms with Crippen LogP contribution in [0.5, 0.6) is 5.75 Å². The van der Waals surface area contributed by atoms with E-state index in [0.717, 1.165) is 0 Å². The number of phenolic OH excluding ortho intramolecular Hbond substituents is 1. The van der Waals surface area contributed by atoms with E-state index in [0.29, 0.717) is 22.3 Å². The van der Waals surface area contributed by atoms with E-state index < -0.39 is 18.2 Å². The van der Waals surface area contributed by atoms with Crippen LogP contribution in [0, 0.1) is 13.8 Å². The molecule has 2 atom stereocenters. The number of aliphatic hydroxyl groups is 1. The number of phenols is 1. The molecule has 0 fully saturated rings. The number of aliphatic hydroxyl groups excluding tert-OH is 1.